The lowest BCUT2D eigenvalue weighted by Crippen LogP contribution is -2.02. The van der Waals surface area contributed by atoms with E-state index in [1.165, 1.54) is 16.5 Å². The summed E-state index contributed by atoms with van der Waals surface area (Å²) in [6.45, 7) is 2.57. The van der Waals surface area contributed by atoms with Gasteiger partial charge >= 0.3 is 0 Å². The van der Waals surface area contributed by atoms with Crippen molar-refractivity contribution in [2.45, 2.75) is 25.9 Å². The molecule has 8 heteroatoms. The molecule has 0 fully saturated rings. The molecule has 0 aliphatic carbocycles. The van der Waals surface area contributed by atoms with E-state index in [1.807, 2.05) is 85.1 Å². The Balaban J connectivity index is 0.000000140. The molecule has 0 saturated heterocycles. The molecule has 7 aromatic rings. The van der Waals surface area contributed by atoms with Gasteiger partial charge < -0.3 is 22.9 Å². The minimum atomic E-state index is 0.572. The van der Waals surface area contributed by atoms with Crippen LogP contribution in [0.4, 0.5) is 0 Å². The topological polar surface area (TPSA) is 156 Å². The number of pyridine rings is 4. The van der Waals surface area contributed by atoms with E-state index in [0.717, 1.165) is 51.3 Å². The number of nitrogens with zero attached hydrogens (tertiary/aromatic N) is 4. The summed E-state index contributed by atoms with van der Waals surface area (Å²) in [7, 11) is 0. The summed E-state index contributed by atoms with van der Waals surface area (Å²) in [4.78, 5) is 16.6. The van der Waals surface area contributed by atoms with Gasteiger partial charge in [-0.3, -0.25) is 19.9 Å². The van der Waals surface area contributed by atoms with Crippen LogP contribution in [0.15, 0.2) is 134 Å². The molecule has 8 N–H and O–H groups in total. The van der Waals surface area contributed by atoms with Crippen LogP contribution in [0, 0.1) is 0 Å². The van der Waals surface area contributed by atoms with Gasteiger partial charge in [0.2, 0.25) is 0 Å². The first-order valence-electron chi connectivity index (χ1n) is 15.3. The van der Waals surface area contributed by atoms with Crippen molar-refractivity contribution in [1.29, 1.82) is 0 Å². The molecule has 0 aliphatic heterocycles. The highest BCUT2D eigenvalue weighted by molar-refractivity contribution is 5.82. The van der Waals surface area contributed by atoms with Crippen LogP contribution in [0.25, 0.3) is 32.7 Å². The zero-order valence-electron chi connectivity index (χ0n) is 26.0. The molecule has 0 radical (unpaired) electrons. The zero-order chi connectivity index (χ0) is 32.4. The van der Waals surface area contributed by atoms with Crippen LogP contribution in [0.5, 0.6) is 0 Å². The van der Waals surface area contributed by atoms with Crippen LogP contribution in [-0.2, 0) is 25.9 Å². The monoisotopic (exact) mass is 610 g/mol. The summed E-state index contributed by atoms with van der Waals surface area (Å²) in [6, 6.07) is 34.3. The van der Waals surface area contributed by atoms with E-state index in [0.29, 0.717) is 26.2 Å². The molecule has 0 atom stereocenters. The van der Waals surface area contributed by atoms with Gasteiger partial charge in [-0.2, -0.15) is 0 Å². The number of nitrogens with two attached hydrogens (primary N) is 4. The van der Waals surface area contributed by atoms with Gasteiger partial charge in [-0.1, -0.05) is 42.5 Å². The molecule has 4 heterocycles. The summed E-state index contributed by atoms with van der Waals surface area (Å²) in [6.07, 6.45) is 10.9. The van der Waals surface area contributed by atoms with Gasteiger partial charge in [0, 0.05) is 60.2 Å². The molecule has 0 aliphatic rings. The van der Waals surface area contributed by atoms with Crippen LogP contribution < -0.4 is 22.9 Å². The van der Waals surface area contributed by atoms with Crippen LogP contribution in [0.3, 0.4) is 0 Å². The van der Waals surface area contributed by atoms with Gasteiger partial charge in [-0.25, -0.2) is 0 Å². The fraction of sp³-hybridized carbons (Fsp3) is 0.158. The van der Waals surface area contributed by atoms with Crippen LogP contribution >= 0.6 is 0 Å². The normalized spacial score (nSPS) is 10.3. The highest BCUT2D eigenvalue weighted by atomic mass is 14.7. The second-order valence-electron chi connectivity index (χ2n) is 10.4. The molecule has 0 spiro atoms. The highest BCUT2D eigenvalue weighted by Gasteiger charge is 1.98. The molecular formula is C38H42N8. The Kier molecular flexibility index (Phi) is 13.7. The lowest BCUT2D eigenvalue weighted by atomic mass is 10.1. The largest absolute Gasteiger partial charge is 0.330 e. The molecule has 0 amide bonds. The summed E-state index contributed by atoms with van der Waals surface area (Å²) < 4.78 is 0. The maximum absolute atomic E-state index is 5.59. The summed E-state index contributed by atoms with van der Waals surface area (Å²) >= 11 is 0. The molecule has 234 valence electrons. The van der Waals surface area contributed by atoms with Crippen molar-refractivity contribution >= 4 is 32.7 Å². The summed E-state index contributed by atoms with van der Waals surface area (Å²) in [5.41, 5.74) is 29.9. The number of hydrogen-bond donors (Lipinski definition) is 4. The van der Waals surface area contributed by atoms with Crippen LogP contribution in [0.2, 0.25) is 0 Å². The Labute approximate surface area is 270 Å². The molecule has 0 unspecified atom stereocenters. The van der Waals surface area contributed by atoms with E-state index < -0.39 is 0 Å². The third-order valence-electron chi connectivity index (χ3n) is 7.15. The van der Waals surface area contributed by atoms with Crippen molar-refractivity contribution in [1.82, 2.24) is 19.9 Å². The predicted molar refractivity (Wildman–Crippen MR) is 191 cm³/mol. The Morgan fingerprint density at radius 3 is 1.65 bits per heavy atom. The van der Waals surface area contributed by atoms with Crippen molar-refractivity contribution in [3.63, 3.8) is 0 Å². The maximum Gasteiger partial charge on any atom is 0.0705 e. The van der Waals surface area contributed by atoms with Crippen molar-refractivity contribution in [2.75, 3.05) is 13.1 Å². The van der Waals surface area contributed by atoms with E-state index in [2.05, 4.69) is 44.2 Å². The molecular weight excluding hydrogens is 568 g/mol. The minimum absolute atomic E-state index is 0.572. The van der Waals surface area contributed by atoms with Crippen molar-refractivity contribution in [2.24, 2.45) is 22.9 Å². The Bertz CT molecular complexity index is 1900. The quantitative estimate of drug-likeness (QED) is 0.187. The molecule has 7 rings (SSSR count). The van der Waals surface area contributed by atoms with E-state index in [1.54, 1.807) is 24.8 Å². The number of aromatic nitrogens is 4. The first-order chi connectivity index (χ1) is 22.6. The first kappa shape index (κ1) is 33.8. The zero-order valence-corrected chi connectivity index (χ0v) is 26.0. The maximum atomic E-state index is 5.59. The van der Waals surface area contributed by atoms with Gasteiger partial charge in [-0.05, 0) is 109 Å². The Hall–Kier alpha value is -5.12. The van der Waals surface area contributed by atoms with Gasteiger partial charge in [0.25, 0.3) is 0 Å². The lowest BCUT2D eigenvalue weighted by molar-refractivity contribution is 0.964. The van der Waals surface area contributed by atoms with E-state index in [9.17, 15) is 0 Å². The molecule has 0 bridgehead atoms. The van der Waals surface area contributed by atoms with E-state index in [-0.39, 0.29) is 0 Å². The average Bonchev–Trinajstić information content (AvgIpc) is 3.12. The molecule has 0 saturated carbocycles. The van der Waals surface area contributed by atoms with Gasteiger partial charge in [0.15, 0.2) is 0 Å². The number of para-hydroxylation sites is 1. The smallest absolute Gasteiger partial charge is 0.0705 e. The fourth-order valence-corrected chi connectivity index (χ4v) is 4.75. The van der Waals surface area contributed by atoms with Crippen molar-refractivity contribution in [3.05, 3.63) is 156 Å². The molecule has 8 nitrogen and oxygen atoms in total. The Morgan fingerprint density at radius 1 is 0.435 bits per heavy atom. The third kappa shape index (κ3) is 10.2. The number of fused-ring (bicyclic) bond motifs is 3. The molecule has 46 heavy (non-hydrogen) atoms. The van der Waals surface area contributed by atoms with E-state index >= 15 is 0 Å². The molecule has 3 aromatic carbocycles. The van der Waals surface area contributed by atoms with Crippen molar-refractivity contribution in [3.8, 4) is 0 Å². The summed E-state index contributed by atoms with van der Waals surface area (Å²) in [5.74, 6) is 0. The second kappa shape index (κ2) is 18.6. The van der Waals surface area contributed by atoms with Gasteiger partial charge in [0.05, 0.1) is 16.6 Å². The van der Waals surface area contributed by atoms with E-state index in [4.69, 9.17) is 22.9 Å². The SMILES string of the molecule is NCCc1ccc2ncccc2c1.NCCc1ccncc1.NCc1ccc2ncccc2c1.NCc1ccnc2ccccc12. The third-order valence-corrected chi connectivity index (χ3v) is 7.15. The second-order valence-corrected chi connectivity index (χ2v) is 10.4. The van der Waals surface area contributed by atoms with Gasteiger partial charge in [-0.15, -0.1) is 0 Å². The number of hydrogen-bond acceptors (Lipinski definition) is 8. The lowest BCUT2D eigenvalue weighted by Gasteiger charge is -2.01. The molecule has 4 aromatic heterocycles. The summed E-state index contributed by atoms with van der Waals surface area (Å²) in [5, 5.41) is 3.50. The Morgan fingerprint density at radius 2 is 1.02 bits per heavy atom. The first-order valence-corrected chi connectivity index (χ1v) is 15.3. The average molecular weight is 611 g/mol. The van der Waals surface area contributed by atoms with Crippen molar-refractivity contribution < 1.29 is 0 Å². The van der Waals surface area contributed by atoms with Crippen LogP contribution in [-0.4, -0.2) is 33.0 Å². The fourth-order valence-electron chi connectivity index (χ4n) is 4.75. The standard InChI is InChI=1S/C11H12N2.2C10H10N2.C7H10N2/c12-6-5-9-3-4-11-10(8-9)2-1-7-13-11;11-7-8-3-4-10-9(6-8)2-1-5-12-10;11-7-8-5-6-12-10-4-2-1-3-9(8)10;8-4-1-7-2-5-9-6-3-7/h1-4,7-8H,5-6,12H2;2*1-6H,7,11H2;2-3,5-6H,1,4,8H2. The highest BCUT2D eigenvalue weighted by Crippen LogP contribution is 2.15. The number of rotatable bonds is 6. The minimum Gasteiger partial charge on any atom is -0.330 e. The van der Waals surface area contributed by atoms with Gasteiger partial charge in [0.1, 0.15) is 0 Å². The predicted octanol–water partition coefficient (Wildman–Crippen LogP) is 5.71. The van der Waals surface area contributed by atoms with Crippen LogP contribution in [0.1, 0.15) is 22.3 Å². The number of benzene rings is 3.